The van der Waals surface area contributed by atoms with Crippen LogP contribution >= 0.6 is 23.2 Å². The van der Waals surface area contributed by atoms with Gasteiger partial charge in [0.1, 0.15) is 0 Å². The number of carbonyl (C=O) groups excluding carboxylic acids is 1. The zero-order chi connectivity index (χ0) is 17.7. The molecule has 1 amide bonds. The number of hydrogen-bond donors (Lipinski definition) is 2. The first-order valence-electron chi connectivity index (χ1n) is 6.92. The smallest absolute Gasteiger partial charge is 0.383 e. The number of anilines is 2. The lowest BCUT2D eigenvalue weighted by molar-refractivity contribution is -0.137. The zero-order valence-corrected chi connectivity index (χ0v) is 13.8. The highest BCUT2D eigenvalue weighted by atomic mass is 35.5. The molecule has 0 saturated heterocycles. The van der Waals surface area contributed by atoms with Crippen LogP contribution < -0.4 is 10.6 Å². The monoisotopic (exact) mass is 376 g/mol. The highest BCUT2D eigenvalue weighted by molar-refractivity contribution is 6.33. The van der Waals surface area contributed by atoms with E-state index in [0.29, 0.717) is 10.7 Å². The Morgan fingerprint density at radius 1 is 1.04 bits per heavy atom. The van der Waals surface area contributed by atoms with E-state index in [-0.39, 0.29) is 29.6 Å². The van der Waals surface area contributed by atoms with E-state index in [1.165, 1.54) is 6.07 Å². The molecule has 0 aliphatic rings. The van der Waals surface area contributed by atoms with Gasteiger partial charge in [-0.15, -0.1) is 0 Å². The van der Waals surface area contributed by atoms with Crippen LogP contribution in [-0.4, -0.2) is 12.5 Å². The van der Waals surface area contributed by atoms with Gasteiger partial charge in [0.05, 0.1) is 16.3 Å². The lowest BCUT2D eigenvalue weighted by atomic mass is 10.2. The zero-order valence-electron chi connectivity index (χ0n) is 12.3. The molecule has 2 aromatic carbocycles. The maximum atomic E-state index is 12.7. The molecule has 0 heterocycles. The average molecular weight is 377 g/mol. The fourth-order valence-electron chi connectivity index (χ4n) is 1.90. The number of hydrogen-bond acceptors (Lipinski definition) is 2. The van der Waals surface area contributed by atoms with Crippen LogP contribution in [0.1, 0.15) is 12.0 Å². The summed E-state index contributed by atoms with van der Waals surface area (Å²) in [5, 5.41) is 6.10. The van der Waals surface area contributed by atoms with E-state index >= 15 is 0 Å². The van der Waals surface area contributed by atoms with Crippen LogP contribution in [0.4, 0.5) is 24.5 Å². The molecule has 0 radical (unpaired) electrons. The molecule has 0 aliphatic heterocycles. The first-order valence-corrected chi connectivity index (χ1v) is 7.67. The first kappa shape index (κ1) is 18.4. The molecule has 128 valence electrons. The minimum absolute atomic E-state index is 0.0647. The maximum absolute atomic E-state index is 12.7. The molecule has 0 atom stereocenters. The van der Waals surface area contributed by atoms with Crippen molar-refractivity contribution in [3.8, 4) is 0 Å². The van der Waals surface area contributed by atoms with Gasteiger partial charge in [0.2, 0.25) is 5.91 Å². The Morgan fingerprint density at radius 2 is 1.71 bits per heavy atom. The third kappa shape index (κ3) is 5.32. The van der Waals surface area contributed by atoms with Crippen LogP contribution in [0.5, 0.6) is 0 Å². The Morgan fingerprint density at radius 3 is 2.33 bits per heavy atom. The normalized spacial score (nSPS) is 11.2. The quantitative estimate of drug-likeness (QED) is 0.727. The molecule has 0 unspecified atom stereocenters. The van der Waals surface area contributed by atoms with Crippen LogP contribution in [-0.2, 0) is 11.0 Å². The van der Waals surface area contributed by atoms with Gasteiger partial charge >= 0.3 is 6.18 Å². The summed E-state index contributed by atoms with van der Waals surface area (Å²) in [5.41, 5.74) is -0.0905. The summed E-state index contributed by atoms with van der Waals surface area (Å²) in [7, 11) is 0. The molecule has 3 nitrogen and oxygen atoms in total. The molecule has 24 heavy (non-hydrogen) atoms. The van der Waals surface area contributed by atoms with Crippen molar-refractivity contribution >= 4 is 40.5 Å². The Bertz CT molecular complexity index is 718. The molecule has 0 fully saturated rings. The van der Waals surface area contributed by atoms with Crippen molar-refractivity contribution in [2.75, 3.05) is 17.2 Å². The average Bonchev–Trinajstić information content (AvgIpc) is 2.50. The molecular formula is C16H13Cl2F3N2O. The van der Waals surface area contributed by atoms with Crippen LogP contribution in [0.15, 0.2) is 42.5 Å². The highest BCUT2D eigenvalue weighted by Gasteiger charge is 2.30. The predicted molar refractivity (Wildman–Crippen MR) is 89.6 cm³/mol. The van der Waals surface area contributed by atoms with Crippen LogP contribution in [0, 0.1) is 0 Å². The standard InChI is InChI=1S/C16H13Cl2F3N2O/c17-11-2-4-12(5-3-11)23-15(24)7-8-22-14-9-10(16(19,20)21)1-6-13(14)18/h1-6,9,22H,7-8H2,(H,23,24). The van der Waals surface area contributed by atoms with Gasteiger partial charge in [0, 0.05) is 23.7 Å². The number of carbonyl (C=O) groups is 1. The second-order valence-corrected chi connectivity index (χ2v) is 5.77. The fraction of sp³-hybridized carbons (Fsp3) is 0.188. The third-order valence-corrected chi connectivity index (χ3v) is 3.67. The van der Waals surface area contributed by atoms with E-state index in [9.17, 15) is 18.0 Å². The van der Waals surface area contributed by atoms with Gasteiger partial charge in [-0.1, -0.05) is 23.2 Å². The summed E-state index contributed by atoms with van der Waals surface area (Å²) in [6.07, 6.45) is -4.39. The van der Waals surface area contributed by atoms with Gasteiger partial charge in [0.25, 0.3) is 0 Å². The largest absolute Gasteiger partial charge is 0.416 e. The Labute approximate surface area is 146 Å². The number of rotatable bonds is 5. The molecule has 2 N–H and O–H groups in total. The summed E-state index contributed by atoms with van der Waals surface area (Å²) in [5.74, 6) is -0.284. The maximum Gasteiger partial charge on any atom is 0.416 e. The van der Waals surface area contributed by atoms with Crippen molar-refractivity contribution in [1.29, 1.82) is 0 Å². The summed E-state index contributed by atoms with van der Waals surface area (Å²) < 4.78 is 38.0. The second kappa shape index (κ2) is 7.77. The summed E-state index contributed by atoms with van der Waals surface area (Å²) in [6, 6.07) is 9.56. The van der Waals surface area contributed by atoms with Crippen molar-refractivity contribution in [1.82, 2.24) is 0 Å². The van der Waals surface area contributed by atoms with Gasteiger partial charge in [-0.2, -0.15) is 13.2 Å². The van der Waals surface area contributed by atoms with E-state index < -0.39 is 11.7 Å². The topological polar surface area (TPSA) is 41.1 Å². The fourth-order valence-corrected chi connectivity index (χ4v) is 2.21. The molecule has 0 spiro atoms. The Kier molecular flexibility index (Phi) is 5.96. The van der Waals surface area contributed by atoms with Crippen LogP contribution in [0.2, 0.25) is 10.0 Å². The number of nitrogens with one attached hydrogen (secondary N) is 2. The van der Waals surface area contributed by atoms with E-state index in [1.54, 1.807) is 24.3 Å². The second-order valence-electron chi connectivity index (χ2n) is 4.92. The number of alkyl halides is 3. The number of amides is 1. The number of benzene rings is 2. The van der Waals surface area contributed by atoms with E-state index in [1.807, 2.05) is 0 Å². The SMILES string of the molecule is O=C(CCNc1cc(C(F)(F)F)ccc1Cl)Nc1ccc(Cl)cc1. The highest BCUT2D eigenvalue weighted by Crippen LogP contribution is 2.33. The minimum atomic E-state index is -4.45. The molecule has 8 heteroatoms. The van der Waals surface area contributed by atoms with Crippen molar-refractivity contribution < 1.29 is 18.0 Å². The van der Waals surface area contributed by atoms with Gasteiger partial charge in [-0.25, -0.2) is 0 Å². The van der Waals surface area contributed by atoms with Crippen molar-refractivity contribution in [3.63, 3.8) is 0 Å². The van der Waals surface area contributed by atoms with Crippen LogP contribution in [0.25, 0.3) is 0 Å². The predicted octanol–water partition coefficient (Wildman–Crippen LogP) is 5.45. The van der Waals surface area contributed by atoms with Gasteiger partial charge < -0.3 is 10.6 Å². The molecule has 0 aliphatic carbocycles. The lowest BCUT2D eigenvalue weighted by Crippen LogP contribution is -2.16. The van der Waals surface area contributed by atoms with Gasteiger partial charge in [-0.3, -0.25) is 4.79 Å². The van der Waals surface area contributed by atoms with Gasteiger partial charge in [-0.05, 0) is 42.5 Å². The molecule has 2 rings (SSSR count). The Balaban J connectivity index is 1.89. The van der Waals surface area contributed by atoms with Crippen molar-refractivity contribution in [2.24, 2.45) is 0 Å². The van der Waals surface area contributed by atoms with E-state index in [0.717, 1.165) is 12.1 Å². The molecule has 0 aromatic heterocycles. The van der Waals surface area contributed by atoms with Crippen molar-refractivity contribution in [3.05, 3.63) is 58.1 Å². The third-order valence-electron chi connectivity index (χ3n) is 3.09. The molecule has 0 saturated carbocycles. The minimum Gasteiger partial charge on any atom is -0.383 e. The molecular weight excluding hydrogens is 364 g/mol. The van der Waals surface area contributed by atoms with E-state index in [2.05, 4.69) is 10.6 Å². The van der Waals surface area contributed by atoms with Crippen molar-refractivity contribution in [2.45, 2.75) is 12.6 Å². The molecule has 0 bridgehead atoms. The van der Waals surface area contributed by atoms with Gasteiger partial charge in [0.15, 0.2) is 0 Å². The Hall–Kier alpha value is -1.92. The number of halogens is 5. The first-order chi connectivity index (χ1) is 11.3. The summed E-state index contributed by atoms with van der Waals surface area (Å²) in [4.78, 5) is 11.8. The molecule has 2 aromatic rings. The van der Waals surface area contributed by atoms with Crippen LogP contribution in [0.3, 0.4) is 0 Å². The lowest BCUT2D eigenvalue weighted by Gasteiger charge is -2.12. The van der Waals surface area contributed by atoms with E-state index in [4.69, 9.17) is 23.2 Å². The summed E-state index contributed by atoms with van der Waals surface area (Å²) in [6.45, 7) is 0.139. The summed E-state index contributed by atoms with van der Waals surface area (Å²) >= 11 is 11.6.